The highest BCUT2D eigenvalue weighted by molar-refractivity contribution is 6.15. The molecule has 4 rings (SSSR count). The highest BCUT2D eigenvalue weighted by atomic mass is 16.2. The average Bonchev–Trinajstić information content (AvgIpc) is 2.99. The van der Waals surface area contributed by atoms with Crippen LogP contribution in [0.25, 0.3) is 0 Å². The van der Waals surface area contributed by atoms with E-state index in [-0.39, 0.29) is 18.2 Å². The van der Waals surface area contributed by atoms with Crippen molar-refractivity contribution in [1.29, 1.82) is 0 Å². The molecule has 0 saturated heterocycles. The van der Waals surface area contributed by atoms with Crippen molar-refractivity contribution in [3.63, 3.8) is 0 Å². The van der Waals surface area contributed by atoms with Crippen molar-refractivity contribution in [2.45, 2.75) is 52.6 Å². The zero-order valence-electron chi connectivity index (χ0n) is 17.4. The second-order valence-electron chi connectivity index (χ2n) is 7.85. The molecule has 0 fully saturated rings. The minimum Gasteiger partial charge on any atom is -0.345 e. The van der Waals surface area contributed by atoms with Gasteiger partial charge in [0.2, 0.25) is 0 Å². The van der Waals surface area contributed by atoms with E-state index in [1.165, 1.54) is 6.42 Å². The Bertz CT molecular complexity index is 1100. The van der Waals surface area contributed by atoms with Gasteiger partial charge in [-0.25, -0.2) is 0 Å². The van der Waals surface area contributed by atoms with Gasteiger partial charge in [-0.3, -0.25) is 9.59 Å². The van der Waals surface area contributed by atoms with Crippen molar-refractivity contribution in [1.82, 2.24) is 20.1 Å². The van der Waals surface area contributed by atoms with Crippen LogP contribution in [0.4, 0.5) is 0 Å². The van der Waals surface area contributed by atoms with E-state index in [4.69, 9.17) is 0 Å². The highest BCUT2D eigenvalue weighted by Gasteiger charge is 2.20. The number of fused-ring (bicyclic) bond motifs is 1. The van der Waals surface area contributed by atoms with Crippen molar-refractivity contribution >= 4 is 11.7 Å². The summed E-state index contributed by atoms with van der Waals surface area (Å²) in [6.45, 7) is 5.16. The zero-order valence-corrected chi connectivity index (χ0v) is 17.4. The molecular formula is C24H26N4O2. The molecule has 0 aliphatic carbocycles. The number of carbonyl (C=O) groups is 2. The Kier molecular flexibility index (Phi) is 5.74. The quantitative estimate of drug-likeness (QED) is 0.659. The van der Waals surface area contributed by atoms with E-state index in [1.54, 1.807) is 24.3 Å². The van der Waals surface area contributed by atoms with Gasteiger partial charge in [0, 0.05) is 24.1 Å². The summed E-state index contributed by atoms with van der Waals surface area (Å²) < 4.78 is 2.11. The van der Waals surface area contributed by atoms with Gasteiger partial charge in [0.1, 0.15) is 5.82 Å². The molecule has 154 valence electrons. The number of rotatable bonds is 5. The van der Waals surface area contributed by atoms with E-state index >= 15 is 0 Å². The third-order valence-corrected chi connectivity index (χ3v) is 5.78. The highest BCUT2D eigenvalue weighted by Crippen LogP contribution is 2.18. The fraction of sp³-hybridized carbons (Fsp3) is 0.333. The van der Waals surface area contributed by atoms with E-state index in [1.807, 2.05) is 32.0 Å². The molecule has 2 heterocycles. The Morgan fingerprint density at radius 1 is 0.967 bits per heavy atom. The van der Waals surface area contributed by atoms with Crippen LogP contribution in [0.2, 0.25) is 0 Å². The number of aryl methyl sites for hydroxylation is 3. The Morgan fingerprint density at radius 2 is 1.77 bits per heavy atom. The summed E-state index contributed by atoms with van der Waals surface area (Å²) in [5, 5.41) is 11.5. The van der Waals surface area contributed by atoms with Gasteiger partial charge < -0.3 is 9.88 Å². The van der Waals surface area contributed by atoms with E-state index in [0.717, 1.165) is 48.6 Å². The lowest BCUT2D eigenvalue weighted by Gasteiger charge is -2.11. The SMILES string of the molecule is Cc1ccc(C(=O)c2ccccc2C(=O)NCc2nnc3n2CCCCC3)cc1C. The van der Waals surface area contributed by atoms with E-state index in [0.29, 0.717) is 16.7 Å². The van der Waals surface area contributed by atoms with Crippen LogP contribution in [0, 0.1) is 13.8 Å². The van der Waals surface area contributed by atoms with Gasteiger partial charge in [-0.05, 0) is 49.9 Å². The van der Waals surface area contributed by atoms with E-state index < -0.39 is 0 Å². The van der Waals surface area contributed by atoms with Gasteiger partial charge in [0.15, 0.2) is 11.6 Å². The third-order valence-electron chi connectivity index (χ3n) is 5.78. The van der Waals surface area contributed by atoms with Crippen molar-refractivity contribution in [2.75, 3.05) is 0 Å². The molecule has 0 bridgehead atoms. The molecule has 1 N–H and O–H groups in total. The van der Waals surface area contributed by atoms with Gasteiger partial charge in [-0.2, -0.15) is 0 Å². The lowest BCUT2D eigenvalue weighted by atomic mass is 9.95. The van der Waals surface area contributed by atoms with Crippen molar-refractivity contribution in [3.8, 4) is 0 Å². The van der Waals surface area contributed by atoms with Crippen LogP contribution in [-0.2, 0) is 19.5 Å². The molecule has 0 unspecified atom stereocenters. The lowest BCUT2D eigenvalue weighted by Crippen LogP contribution is -2.26. The molecule has 30 heavy (non-hydrogen) atoms. The van der Waals surface area contributed by atoms with Crippen LogP contribution in [-0.4, -0.2) is 26.5 Å². The van der Waals surface area contributed by atoms with Crippen LogP contribution < -0.4 is 5.32 Å². The standard InChI is InChI=1S/C24H26N4O2/c1-16-11-12-18(14-17(16)2)23(29)19-8-5-6-9-20(19)24(30)25-15-22-27-26-21-10-4-3-7-13-28(21)22/h5-6,8-9,11-12,14H,3-4,7,10,13,15H2,1-2H3,(H,25,30). The van der Waals surface area contributed by atoms with Crippen molar-refractivity contribution in [2.24, 2.45) is 0 Å². The van der Waals surface area contributed by atoms with Gasteiger partial charge in [-0.1, -0.05) is 36.8 Å². The normalized spacial score (nSPS) is 13.4. The number of hydrogen-bond donors (Lipinski definition) is 1. The minimum atomic E-state index is -0.284. The molecule has 3 aromatic rings. The number of amides is 1. The van der Waals surface area contributed by atoms with Gasteiger partial charge in [0.25, 0.3) is 5.91 Å². The summed E-state index contributed by atoms with van der Waals surface area (Å²) in [7, 11) is 0. The van der Waals surface area contributed by atoms with Crippen LogP contribution in [0.15, 0.2) is 42.5 Å². The Labute approximate surface area is 176 Å². The van der Waals surface area contributed by atoms with Crippen LogP contribution >= 0.6 is 0 Å². The number of nitrogens with zero attached hydrogens (tertiary/aromatic N) is 3. The predicted molar refractivity (Wildman–Crippen MR) is 115 cm³/mol. The zero-order chi connectivity index (χ0) is 21.1. The lowest BCUT2D eigenvalue weighted by molar-refractivity contribution is 0.0938. The van der Waals surface area contributed by atoms with E-state index in [9.17, 15) is 9.59 Å². The number of benzene rings is 2. The number of nitrogens with one attached hydrogen (secondary N) is 1. The first-order chi connectivity index (χ1) is 14.5. The number of carbonyl (C=O) groups excluding carboxylic acids is 2. The van der Waals surface area contributed by atoms with Crippen LogP contribution in [0.3, 0.4) is 0 Å². The maximum absolute atomic E-state index is 13.1. The maximum atomic E-state index is 13.1. The molecule has 0 spiro atoms. The number of ketones is 1. The molecule has 1 aliphatic heterocycles. The molecular weight excluding hydrogens is 376 g/mol. The first-order valence-corrected chi connectivity index (χ1v) is 10.4. The average molecular weight is 402 g/mol. The smallest absolute Gasteiger partial charge is 0.252 e. The van der Waals surface area contributed by atoms with Crippen molar-refractivity contribution in [3.05, 3.63) is 81.9 Å². The Balaban J connectivity index is 1.53. The second-order valence-corrected chi connectivity index (χ2v) is 7.85. The summed E-state index contributed by atoms with van der Waals surface area (Å²) >= 11 is 0. The third kappa shape index (κ3) is 4.03. The number of aromatic nitrogens is 3. The first kappa shape index (κ1) is 20.0. The molecule has 6 nitrogen and oxygen atoms in total. The fourth-order valence-corrected chi connectivity index (χ4v) is 3.85. The summed E-state index contributed by atoms with van der Waals surface area (Å²) in [6, 6.07) is 12.6. The van der Waals surface area contributed by atoms with Gasteiger partial charge in [0.05, 0.1) is 12.1 Å². The monoisotopic (exact) mass is 402 g/mol. The maximum Gasteiger partial charge on any atom is 0.252 e. The molecule has 1 amide bonds. The summed E-state index contributed by atoms with van der Waals surface area (Å²) in [5.74, 6) is 1.31. The molecule has 1 aliphatic rings. The van der Waals surface area contributed by atoms with Crippen LogP contribution in [0.5, 0.6) is 0 Å². The molecule has 0 radical (unpaired) electrons. The molecule has 0 atom stereocenters. The summed E-state index contributed by atoms with van der Waals surface area (Å²) in [4.78, 5) is 26.0. The summed E-state index contributed by atoms with van der Waals surface area (Å²) in [6.07, 6.45) is 4.33. The first-order valence-electron chi connectivity index (χ1n) is 10.4. The Hall–Kier alpha value is -3.28. The molecule has 0 saturated carbocycles. The van der Waals surface area contributed by atoms with Gasteiger partial charge >= 0.3 is 0 Å². The molecule has 1 aromatic heterocycles. The largest absolute Gasteiger partial charge is 0.345 e. The fourth-order valence-electron chi connectivity index (χ4n) is 3.85. The minimum absolute atomic E-state index is 0.153. The Morgan fingerprint density at radius 3 is 2.57 bits per heavy atom. The van der Waals surface area contributed by atoms with Gasteiger partial charge in [-0.15, -0.1) is 10.2 Å². The molecule has 6 heteroatoms. The number of hydrogen-bond acceptors (Lipinski definition) is 4. The second kappa shape index (κ2) is 8.61. The van der Waals surface area contributed by atoms with Crippen LogP contribution in [0.1, 0.15) is 68.3 Å². The summed E-state index contributed by atoms with van der Waals surface area (Å²) in [5.41, 5.74) is 3.54. The van der Waals surface area contributed by atoms with Crippen molar-refractivity contribution < 1.29 is 9.59 Å². The van der Waals surface area contributed by atoms with E-state index in [2.05, 4.69) is 20.1 Å². The predicted octanol–water partition coefficient (Wildman–Crippen LogP) is 3.78. The molecule has 2 aromatic carbocycles. The topological polar surface area (TPSA) is 76.9 Å².